The zero-order valence-electron chi connectivity index (χ0n) is 20.2. The number of hydrogen-bond donors (Lipinski definition) is 1. The minimum absolute atomic E-state index is 0.0570. The maximum atomic E-state index is 13.3. The first-order valence-corrected chi connectivity index (χ1v) is 11.6. The Hall–Kier alpha value is -3.12. The predicted molar refractivity (Wildman–Crippen MR) is 131 cm³/mol. The lowest BCUT2D eigenvalue weighted by atomic mass is 9.97. The molecule has 2 aromatic carbocycles. The molecule has 2 unspecified atom stereocenters. The Balaban J connectivity index is 1.78. The van der Waals surface area contributed by atoms with Crippen LogP contribution in [0, 0.1) is 12.8 Å². The van der Waals surface area contributed by atoms with Crippen LogP contribution in [0.15, 0.2) is 60.9 Å². The number of nitrogens with zero attached hydrogens (tertiary/aromatic N) is 3. The third-order valence-electron chi connectivity index (χ3n) is 6.16. The van der Waals surface area contributed by atoms with E-state index in [-0.39, 0.29) is 17.9 Å². The highest BCUT2D eigenvalue weighted by Crippen LogP contribution is 2.36. The number of benzene rings is 2. The lowest BCUT2D eigenvalue weighted by Gasteiger charge is -2.40. The number of imidazole rings is 1. The maximum absolute atomic E-state index is 13.3. The topological polar surface area (TPSA) is 61.5 Å². The molecule has 3 aromatic rings. The second-order valence-electron chi connectivity index (χ2n) is 9.80. The third kappa shape index (κ3) is 5.28. The molecule has 0 fully saturated rings. The molecule has 0 saturated carbocycles. The molecule has 0 aliphatic carbocycles. The second-order valence-corrected chi connectivity index (χ2v) is 9.80. The number of H-pyrrole nitrogens is 1. The van der Waals surface area contributed by atoms with Crippen molar-refractivity contribution in [1.82, 2.24) is 15.0 Å². The molecule has 1 aliphatic heterocycles. The molecule has 4 rings (SSSR count). The van der Waals surface area contributed by atoms with Crippen molar-refractivity contribution in [2.45, 2.75) is 59.2 Å². The number of hydrazine groups is 1. The molecule has 1 N–H and O–H groups in total. The fourth-order valence-corrected chi connectivity index (χ4v) is 4.41. The molecule has 0 amide bonds. The van der Waals surface area contributed by atoms with E-state index >= 15 is 0 Å². The largest absolute Gasteiger partial charge is 0.460 e. The molecule has 2 heterocycles. The minimum atomic E-state index is -0.523. The van der Waals surface area contributed by atoms with E-state index in [4.69, 9.17) is 4.74 Å². The van der Waals surface area contributed by atoms with Crippen LogP contribution in [0.4, 0.5) is 5.69 Å². The van der Waals surface area contributed by atoms with Gasteiger partial charge in [-0.05, 0) is 58.2 Å². The predicted octanol–water partition coefficient (Wildman–Crippen LogP) is 5.22. The van der Waals surface area contributed by atoms with Crippen LogP contribution in [-0.2, 0) is 22.5 Å². The van der Waals surface area contributed by atoms with Crippen LogP contribution in [0.1, 0.15) is 56.3 Å². The maximum Gasteiger partial charge on any atom is 0.311 e. The number of fused-ring (bicyclic) bond motifs is 1. The monoisotopic (exact) mass is 446 g/mol. The van der Waals surface area contributed by atoms with Crippen LogP contribution in [0.25, 0.3) is 0 Å². The summed E-state index contributed by atoms with van der Waals surface area (Å²) in [4.78, 5) is 21.0. The van der Waals surface area contributed by atoms with Crippen molar-refractivity contribution < 1.29 is 9.53 Å². The minimum Gasteiger partial charge on any atom is -0.460 e. The summed E-state index contributed by atoms with van der Waals surface area (Å²) in [6.07, 6.45) is 2.38. The van der Waals surface area contributed by atoms with Gasteiger partial charge >= 0.3 is 5.97 Å². The summed E-state index contributed by atoms with van der Waals surface area (Å²) in [5.41, 5.74) is 4.96. The SMILES string of the molecule is Cc1[nH]cnc1CN1c2ccccc2CC(C(=O)OC(C)(C)C)CN1C(C)c1ccccc1. The van der Waals surface area contributed by atoms with Crippen LogP contribution in [0.3, 0.4) is 0 Å². The van der Waals surface area contributed by atoms with E-state index in [0.717, 1.165) is 22.6 Å². The van der Waals surface area contributed by atoms with Crippen LogP contribution in [0.2, 0.25) is 0 Å². The number of aryl methyl sites for hydroxylation is 1. The highest BCUT2D eigenvalue weighted by Gasteiger charge is 2.36. The summed E-state index contributed by atoms with van der Waals surface area (Å²) >= 11 is 0. The Kier molecular flexibility index (Phi) is 6.56. The molecular weight excluding hydrogens is 412 g/mol. The summed E-state index contributed by atoms with van der Waals surface area (Å²) in [6, 6.07) is 18.8. The van der Waals surface area contributed by atoms with E-state index in [9.17, 15) is 4.79 Å². The van der Waals surface area contributed by atoms with E-state index in [1.54, 1.807) is 6.33 Å². The Morgan fingerprint density at radius 1 is 1.15 bits per heavy atom. The second kappa shape index (κ2) is 9.40. The number of nitrogens with one attached hydrogen (secondary N) is 1. The van der Waals surface area contributed by atoms with E-state index in [1.807, 2.05) is 39.8 Å². The number of hydrogen-bond acceptors (Lipinski definition) is 5. The lowest BCUT2D eigenvalue weighted by Crippen LogP contribution is -2.47. The molecule has 6 nitrogen and oxygen atoms in total. The van der Waals surface area contributed by atoms with Gasteiger partial charge < -0.3 is 9.72 Å². The molecule has 2 atom stereocenters. The smallest absolute Gasteiger partial charge is 0.311 e. The first-order chi connectivity index (χ1) is 15.7. The number of ether oxygens (including phenoxy) is 1. The average Bonchev–Trinajstić information content (AvgIpc) is 3.10. The Labute approximate surface area is 196 Å². The van der Waals surface area contributed by atoms with Crippen molar-refractivity contribution in [3.05, 3.63) is 83.4 Å². The van der Waals surface area contributed by atoms with Gasteiger partial charge in [0.05, 0.1) is 36.2 Å². The number of anilines is 1. The first-order valence-electron chi connectivity index (χ1n) is 11.6. The van der Waals surface area contributed by atoms with Crippen LogP contribution in [0.5, 0.6) is 0 Å². The molecule has 174 valence electrons. The van der Waals surface area contributed by atoms with Crippen molar-refractivity contribution in [1.29, 1.82) is 0 Å². The lowest BCUT2D eigenvalue weighted by molar-refractivity contribution is -0.160. The Morgan fingerprint density at radius 3 is 2.52 bits per heavy atom. The third-order valence-corrected chi connectivity index (χ3v) is 6.16. The van der Waals surface area contributed by atoms with Gasteiger partial charge in [0.15, 0.2) is 0 Å². The van der Waals surface area contributed by atoms with Crippen molar-refractivity contribution in [2.24, 2.45) is 5.92 Å². The van der Waals surface area contributed by atoms with Gasteiger partial charge in [-0.25, -0.2) is 9.99 Å². The van der Waals surface area contributed by atoms with Gasteiger partial charge in [0.2, 0.25) is 0 Å². The number of rotatable bonds is 5. The van der Waals surface area contributed by atoms with Gasteiger partial charge in [0.25, 0.3) is 0 Å². The van der Waals surface area contributed by atoms with Crippen molar-refractivity contribution in [3.8, 4) is 0 Å². The first kappa shape index (κ1) is 23.1. The van der Waals surface area contributed by atoms with Crippen molar-refractivity contribution in [2.75, 3.05) is 11.6 Å². The molecular formula is C27H34N4O2. The molecule has 0 saturated heterocycles. The highest BCUT2D eigenvalue weighted by molar-refractivity contribution is 5.74. The fourth-order valence-electron chi connectivity index (χ4n) is 4.41. The van der Waals surface area contributed by atoms with Crippen LogP contribution < -0.4 is 5.01 Å². The number of aromatic amines is 1. The van der Waals surface area contributed by atoms with E-state index in [1.165, 1.54) is 5.56 Å². The zero-order valence-corrected chi connectivity index (χ0v) is 20.2. The number of aromatic nitrogens is 2. The van der Waals surface area contributed by atoms with Crippen LogP contribution >= 0.6 is 0 Å². The number of carbonyl (C=O) groups is 1. The van der Waals surface area contributed by atoms with Gasteiger partial charge in [-0.2, -0.15) is 0 Å². The number of para-hydroxylation sites is 1. The van der Waals surface area contributed by atoms with E-state index in [2.05, 4.69) is 69.4 Å². The van der Waals surface area contributed by atoms with Gasteiger partial charge in [0.1, 0.15) is 5.60 Å². The molecule has 0 bridgehead atoms. The molecule has 1 aromatic heterocycles. The number of esters is 1. The Bertz CT molecular complexity index is 1090. The van der Waals surface area contributed by atoms with Gasteiger partial charge in [-0.3, -0.25) is 9.80 Å². The molecule has 6 heteroatoms. The molecule has 0 spiro atoms. The molecule has 33 heavy (non-hydrogen) atoms. The zero-order chi connectivity index (χ0) is 23.6. The summed E-state index contributed by atoms with van der Waals surface area (Å²) in [7, 11) is 0. The van der Waals surface area contributed by atoms with Crippen molar-refractivity contribution in [3.63, 3.8) is 0 Å². The summed E-state index contributed by atoms with van der Waals surface area (Å²) in [5.74, 6) is -0.429. The van der Waals surface area contributed by atoms with E-state index < -0.39 is 5.60 Å². The normalized spacial score (nSPS) is 17.8. The summed E-state index contributed by atoms with van der Waals surface area (Å²) in [5, 5.41) is 4.60. The standard InChI is InChI=1S/C27H34N4O2/c1-19-24(29-18-28-19)17-31-25-14-10-9-13-22(25)15-23(26(32)33-27(3,4)5)16-30(31)20(2)21-11-7-6-8-12-21/h6-14,18,20,23H,15-17H2,1-5H3,(H,28,29). The molecule has 1 aliphatic rings. The van der Waals surface area contributed by atoms with E-state index in [0.29, 0.717) is 19.5 Å². The highest BCUT2D eigenvalue weighted by atomic mass is 16.6. The molecule has 0 radical (unpaired) electrons. The van der Waals surface area contributed by atoms with Gasteiger partial charge in [-0.15, -0.1) is 0 Å². The Morgan fingerprint density at radius 2 is 1.85 bits per heavy atom. The summed E-state index contributed by atoms with van der Waals surface area (Å²) < 4.78 is 5.84. The van der Waals surface area contributed by atoms with Crippen molar-refractivity contribution >= 4 is 11.7 Å². The summed E-state index contributed by atoms with van der Waals surface area (Å²) in [6.45, 7) is 11.2. The quantitative estimate of drug-likeness (QED) is 0.545. The van der Waals surface area contributed by atoms with Gasteiger partial charge in [-0.1, -0.05) is 48.5 Å². The number of carbonyl (C=O) groups excluding carboxylic acids is 1. The fraction of sp³-hybridized carbons (Fsp3) is 0.407. The van der Waals surface area contributed by atoms with Gasteiger partial charge in [0, 0.05) is 12.2 Å². The average molecular weight is 447 g/mol. The van der Waals surface area contributed by atoms with Crippen LogP contribution in [-0.4, -0.2) is 33.1 Å².